The lowest BCUT2D eigenvalue weighted by atomic mass is 10.2. The molecule has 0 aliphatic heterocycles. The van der Waals surface area contributed by atoms with Crippen LogP contribution in [0.4, 0.5) is 11.4 Å². The Morgan fingerprint density at radius 3 is 2.67 bits per heavy atom. The van der Waals surface area contributed by atoms with Crippen molar-refractivity contribution in [3.63, 3.8) is 0 Å². The van der Waals surface area contributed by atoms with Crippen LogP contribution >= 0.6 is 0 Å². The highest BCUT2D eigenvalue weighted by atomic mass is 15.1. The quantitative estimate of drug-likeness (QED) is 0.832. The molecule has 2 rings (SSSR count). The first-order chi connectivity index (χ1) is 8.69. The second kappa shape index (κ2) is 5.19. The van der Waals surface area contributed by atoms with Gasteiger partial charge in [0, 0.05) is 31.2 Å². The number of hydrogen-bond donors (Lipinski definition) is 1. The summed E-state index contributed by atoms with van der Waals surface area (Å²) < 4.78 is 0. The number of nitrogen functional groups attached to an aromatic ring is 1. The molecule has 0 spiro atoms. The molecule has 1 heterocycles. The van der Waals surface area contributed by atoms with Crippen LogP contribution in [0.2, 0.25) is 0 Å². The first-order valence-corrected chi connectivity index (χ1v) is 5.61. The third-order valence-corrected chi connectivity index (χ3v) is 2.70. The summed E-state index contributed by atoms with van der Waals surface area (Å²) in [6, 6.07) is 13.5. The molecule has 18 heavy (non-hydrogen) atoms. The van der Waals surface area contributed by atoms with Crippen molar-refractivity contribution in [2.75, 3.05) is 17.7 Å². The van der Waals surface area contributed by atoms with Crippen LogP contribution in [-0.2, 0) is 6.54 Å². The number of benzene rings is 1. The van der Waals surface area contributed by atoms with E-state index in [-0.39, 0.29) is 0 Å². The van der Waals surface area contributed by atoms with Gasteiger partial charge < -0.3 is 10.6 Å². The summed E-state index contributed by atoms with van der Waals surface area (Å²) in [6.45, 7) is 0.759. The van der Waals surface area contributed by atoms with Crippen LogP contribution in [0.5, 0.6) is 0 Å². The molecule has 4 heteroatoms. The minimum Gasteiger partial charge on any atom is -0.399 e. The molecule has 0 amide bonds. The molecular formula is C14H14N4. The van der Waals surface area contributed by atoms with Crippen molar-refractivity contribution in [1.29, 1.82) is 5.26 Å². The van der Waals surface area contributed by atoms with Gasteiger partial charge in [0.15, 0.2) is 0 Å². The molecule has 0 bridgehead atoms. The molecule has 2 N–H and O–H groups in total. The van der Waals surface area contributed by atoms with E-state index in [9.17, 15) is 0 Å². The lowest BCUT2D eigenvalue weighted by Gasteiger charge is -2.19. The van der Waals surface area contributed by atoms with Gasteiger partial charge in [0.2, 0.25) is 0 Å². The highest BCUT2D eigenvalue weighted by Crippen LogP contribution is 2.16. The first-order valence-electron chi connectivity index (χ1n) is 5.61. The average Bonchev–Trinajstić information content (AvgIpc) is 2.41. The van der Waals surface area contributed by atoms with Gasteiger partial charge in [-0.15, -0.1) is 0 Å². The number of rotatable bonds is 3. The highest BCUT2D eigenvalue weighted by Gasteiger charge is 2.03. The maximum absolute atomic E-state index is 8.82. The molecule has 0 unspecified atom stereocenters. The van der Waals surface area contributed by atoms with E-state index in [0.717, 1.165) is 17.9 Å². The van der Waals surface area contributed by atoms with Crippen molar-refractivity contribution in [1.82, 2.24) is 4.98 Å². The Morgan fingerprint density at radius 2 is 2.00 bits per heavy atom. The van der Waals surface area contributed by atoms with Crippen LogP contribution in [0.25, 0.3) is 0 Å². The van der Waals surface area contributed by atoms with Gasteiger partial charge in [-0.25, -0.2) is 4.98 Å². The number of nitrogens with zero attached hydrogens (tertiary/aromatic N) is 3. The Bertz CT molecular complexity index is 569. The first kappa shape index (κ1) is 11.9. The minimum absolute atomic E-state index is 0.427. The summed E-state index contributed by atoms with van der Waals surface area (Å²) >= 11 is 0. The molecule has 0 atom stereocenters. The summed E-state index contributed by atoms with van der Waals surface area (Å²) in [7, 11) is 1.98. The molecule has 0 saturated carbocycles. The van der Waals surface area contributed by atoms with E-state index >= 15 is 0 Å². The Kier molecular flexibility index (Phi) is 3.44. The Morgan fingerprint density at radius 1 is 1.28 bits per heavy atom. The molecule has 0 aliphatic carbocycles. The van der Waals surface area contributed by atoms with E-state index < -0.39 is 0 Å². The average molecular weight is 238 g/mol. The maximum Gasteiger partial charge on any atom is 0.142 e. The predicted octanol–water partition coefficient (Wildman–Crippen LogP) is 2.17. The minimum atomic E-state index is 0.427. The monoisotopic (exact) mass is 238 g/mol. The van der Waals surface area contributed by atoms with E-state index in [4.69, 9.17) is 11.0 Å². The van der Waals surface area contributed by atoms with Crippen LogP contribution in [0.1, 0.15) is 11.3 Å². The van der Waals surface area contributed by atoms with Crippen molar-refractivity contribution in [2.24, 2.45) is 0 Å². The number of anilines is 2. The zero-order chi connectivity index (χ0) is 13.0. The summed E-state index contributed by atoms with van der Waals surface area (Å²) in [5.41, 5.74) is 8.98. The molecule has 0 fully saturated rings. The smallest absolute Gasteiger partial charge is 0.142 e. The molecule has 90 valence electrons. The highest BCUT2D eigenvalue weighted by molar-refractivity contribution is 5.49. The van der Waals surface area contributed by atoms with Crippen molar-refractivity contribution in [3.8, 4) is 6.07 Å². The standard InChI is InChI=1S/C14H14N4/c1-18(10-11-2-4-12(16)5-3-11)14-6-7-17-13(8-14)9-15/h2-8H,10,16H2,1H3. The van der Waals surface area contributed by atoms with Gasteiger partial charge in [-0.1, -0.05) is 12.1 Å². The van der Waals surface area contributed by atoms with Gasteiger partial charge >= 0.3 is 0 Å². The number of pyridine rings is 1. The van der Waals surface area contributed by atoms with Crippen LogP contribution < -0.4 is 10.6 Å². The zero-order valence-electron chi connectivity index (χ0n) is 10.2. The van der Waals surface area contributed by atoms with E-state index in [1.54, 1.807) is 12.3 Å². The van der Waals surface area contributed by atoms with Crippen molar-refractivity contribution < 1.29 is 0 Å². The number of aromatic nitrogens is 1. The molecule has 2 aromatic rings. The molecular weight excluding hydrogens is 224 g/mol. The summed E-state index contributed by atoms with van der Waals surface area (Å²) in [4.78, 5) is 6.02. The lowest BCUT2D eigenvalue weighted by molar-refractivity contribution is 0.920. The van der Waals surface area contributed by atoms with E-state index in [1.807, 2.05) is 43.4 Å². The van der Waals surface area contributed by atoms with Gasteiger partial charge in [0.05, 0.1) is 0 Å². The lowest BCUT2D eigenvalue weighted by Crippen LogP contribution is -2.16. The Labute approximate surface area is 106 Å². The molecule has 1 aromatic heterocycles. The second-order valence-electron chi connectivity index (χ2n) is 4.11. The number of nitrogens with two attached hydrogens (primary N) is 1. The Hall–Kier alpha value is -2.54. The SMILES string of the molecule is CN(Cc1ccc(N)cc1)c1ccnc(C#N)c1. The molecule has 0 radical (unpaired) electrons. The molecule has 0 saturated heterocycles. The molecule has 4 nitrogen and oxygen atoms in total. The fourth-order valence-electron chi connectivity index (χ4n) is 1.71. The molecule has 0 aliphatic rings. The zero-order valence-corrected chi connectivity index (χ0v) is 10.2. The van der Waals surface area contributed by atoms with E-state index in [1.165, 1.54) is 5.56 Å². The van der Waals surface area contributed by atoms with Gasteiger partial charge in [0.1, 0.15) is 11.8 Å². The predicted molar refractivity (Wildman–Crippen MR) is 71.9 cm³/mol. The van der Waals surface area contributed by atoms with E-state index in [2.05, 4.69) is 9.88 Å². The van der Waals surface area contributed by atoms with Crippen LogP contribution in [0, 0.1) is 11.3 Å². The summed E-state index contributed by atoms with van der Waals surface area (Å²) in [5.74, 6) is 0. The number of nitriles is 1. The van der Waals surface area contributed by atoms with Gasteiger partial charge in [-0.3, -0.25) is 0 Å². The fourth-order valence-corrected chi connectivity index (χ4v) is 1.71. The van der Waals surface area contributed by atoms with Crippen LogP contribution in [0.3, 0.4) is 0 Å². The number of hydrogen-bond acceptors (Lipinski definition) is 4. The van der Waals surface area contributed by atoms with Gasteiger partial charge in [-0.2, -0.15) is 5.26 Å². The van der Waals surface area contributed by atoms with Crippen molar-refractivity contribution in [3.05, 3.63) is 53.9 Å². The van der Waals surface area contributed by atoms with Crippen LogP contribution in [0.15, 0.2) is 42.6 Å². The van der Waals surface area contributed by atoms with Crippen LogP contribution in [-0.4, -0.2) is 12.0 Å². The Balaban J connectivity index is 2.14. The van der Waals surface area contributed by atoms with Crippen molar-refractivity contribution >= 4 is 11.4 Å². The third kappa shape index (κ3) is 2.77. The van der Waals surface area contributed by atoms with Gasteiger partial charge in [-0.05, 0) is 29.8 Å². The largest absolute Gasteiger partial charge is 0.399 e. The van der Waals surface area contributed by atoms with Gasteiger partial charge in [0.25, 0.3) is 0 Å². The van der Waals surface area contributed by atoms with E-state index in [0.29, 0.717) is 5.69 Å². The third-order valence-electron chi connectivity index (χ3n) is 2.70. The maximum atomic E-state index is 8.82. The second-order valence-corrected chi connectivity index (χ2v) is 4.11. The summed E-state index contributed by atoms with van der Waals surface area (Å²) in [6.07, 6.45) is 1.65. The normalized spacial score (nSPS) is 9.78. The topological polar surface area (TPSA) is 65.9 Å². The van der Waals surface area contributed by atoms with Crippen molar-refractivity contribution in [2.45, 2.75) is 6.54 Å². The molecule has 1 aromatic carbocycles. The fraction of sp³-hybridized carbons (Fsp3) is 0.143. The summed E-state index contributed by atoms with van der Waals surface area (Å²) in [5, 5.41) is 8.82.